The van der Waals surface area contributed by atoms with Crippen LogP contribution in [0.4, 0.5) is 11.4 Å². The molecule has 1 saturated heterocycles. The molecule has 8 heteroatoms. The van der Waals surface area contributed by atoms with Crippen LogP contribution in [0.3, 0.4) is 0 Å². The first kappa shape index (κ1) is 22.2. The average molecular weight is 469 g/mol. The van der Waals surface area contributed by atoms with E-state index in [4.69, 9.17) is 4.74 Å². The first-order valence-electron chi connectivity index (χ1n) is 10.1. The van der Waals surface area contributed by atoms with E-state index in [-0.39, 0.29) is 16.2 Å². The fourth-order valence-electron chi connectivity index (χ4n) is 3.55. The van der Waals surface area contributed by atoms with Gasteiger partial charge < -0.3 is 4.74 Å². The lowest BCUT2D eigenvalue weighted by molar-refractivity contribution is -0.115. The van der Waals surface area contributed by atoms with Crippen molar-refractivity contribution in [1.29, 1.82) is 0 Å². The summed E-state index contributed by atoms with van der Waals surface area (Å²) in [5.74, 6) is 0.993. The largest absolute Gasteiger partial charge is 0.497 e. The SMILES string of the molecule is COc1ccc(S(=O)(=O)Nc2cccc([C@@H]3SCC(=O)N3c3ccc(C)c(C)c3)c2)cc1. The van der Waals surface area contributed by atoms with Crippen molar-refractivity contribution in [2.45, 2.75) is 24.1 Å². The first-order chi connectivity index (χ1) is 15.3. The predicted molar refractivity (Wildman–Crippen MR) is 129 cm³/mol. The Hall–Kier alpha value is -2.97. The summed E-state index contributed by atoms with van der Waals surface area (Å²) >= 11 is 1.53. The number of hydrogen-bond donors (Lipinski definition) is 1. The third-order valence-electron chi connectivity index (χ3n) is 5.43. The van der Waals surface area contributed by atoms with Crippen molar-refractivity contribution in [1.82, 2.24) is 0 Å². The Morgan fingerprint density at radius 2 is 1.75 bits per heavy atom. The van der Waals surface area contributed by atoms with Gasteiger partial charge in [-0.3, -0.25) is 14.4 Å². The van der Waals surface area contributed by atoms with Crippen LogP contribution in [0.25, 0.3) is 0 Å². The Morgan fingerprint density at radius 3 is 2.44 bits per heavy atom. The molecule has 4 rings (SSSR count). The van der Waals surface area contributed by atoms with Gasteiger partial charge >= 0.3 is 0 Å². The lowest BCUT2D eigenvalue weighted by Gasteiger charge is -2.25. The van der Waals surface area contributed by atoms with E-state index < -0.39 is 10.0 Å². The highest BCUT2D eigenvalue weighted by Crippen LogP contribution is 2.42. The summed E-state index contributed by atoms with van der Waals surface area (Å²) in [4.78, 5) is 14.6. The molecule has 1 aliphatic heterocycles. The molecule has 0 bridgehead atoms. The molecule has 3 aromatic carbocycles. The summed E-state index contributed by atoms with van der Waals surface area (Å²) < 4.78 is 33.4. The maximum Gasteiger partial charge on any atom is 0.261 e. The monoisotopic (exact) mass is 468 g/mol. The zero-order chi connectivity index (χ0) is 22.9. The molecule has 1 fully saturated rings. The second-order valence-electron chi connectivity index (χ2n) is 7.60. The molecule has 1 atom stereocenters. The van der Waals surface area contributed by atoms with Crippen molar-refractivity contribution in [3.8, 4) is 5.75 Å². The summed E-state index contributed by atoms with van der Waals surface area (Å²) in [5.41, 5.74) is 4.43. The van der Waals surface area contributed by atoms with E-state index in [1.165, 1.54) is 36.6 Å². The van der Waals surface area contributed by atoms with Gasteiger partial charge in [0.05, 0.1) is 17.8 Å². The number of methoxy groups -OCH3 is 1. The molecule has 166 valence electrons. The second kappa shape index (κ2) is 8.88. The highest BCUT2D eigenvalue weighted by atomic mass is 32.2. The Kier molecular flexibility index (Phi) is 6.17. The highest BCUT2D eigenvalue weighted by molar-refractivity contribution is 8.00. The van der Waals surface area contributed by atoms with Crippen LogP contribution in [0.15, 0.2) is 71.6 Å². The van der Waals surface area contributed by atoms with Crippen LogP contribution in [0.5, 0.6) is 5.75 Å². The smallest absolute Gasteiger partial charge is 0.261 e. The number of sulfonamides is 1. The van der Waals surface area contributed by atoms with Gasteiger partial charge in [-0.1, -0.05) is 18.2 Å². The van der Waals surface area contributed by atoms with E-state index in [1.54, 1.807) is 35.2 Å². The van der Waals surface area contributed by atoms with Gasteiger partial charge in [-0.2, -0.15) is 0 Å². The third kappa shape index (κ3) is 4.47. The minimum Gasteiger partial charge on any atom is -0.497 e. The number of hydrogen-bond acceptors (Lipinski definition) is 5. The Balaban J connectivity index is 1.61. The summed E-state index contributed by atoms with van der Waals surface area (Å²) in [6, 6.07) is 19.4. The molecule has 6 nitrogen and oxygen atoms in total. The van der Waals surface area contributed by atoms with Crippen LogP contribution in [0, 0.1) is 13.8 Å². The summed E-state index contributed by atoms with van der Waals surface area (Å²) in [6.45, 7) is 4.06. The quantitative estimate of drug-likeness (QED) is 0.557. The number of anilines is 2. The number of carbonyl (C=O) groups excluding carboxylic acids is 1. The number of rotatable bonds is 6. The van der Waals surface area contributed by atoms with Crippen LogP contribution in [-0.4, -0.2) is 27.2 Å². The van der Waals surface area contributed by atoms with Crippen molar-refractivity contribution in [3.63, 3.8) is 0 Å². The van der Waals surface area contributed by atoms with Gasteiger partial charge in [-0.05, 0) is 79.1 Å². The average Bonchev–Trinajstić information content (AvgIpc) is 3.17. The normalized spacial score (nSPS) is 16.3. The molecule has 3 aromatic rings. The van der Waals surface area contributed by atoms with Crippen LogP contribution < -0.4 is 14.4 Å². The van der Waals surface area contributed by atoms with Crippen molar-refractivity contribution in [3.05, 3.63) is 83.4 Å². The van der Waals surface area contributed by atoms with Crippen LogP contribution in [0.1, 0.15) is 22.1 Å². The molecule has 1 amide bonds. The molecule has 1 aliphatic rings. The second-order valence-corrected chi connectivity index (χ2v) is 10.4. The number of nitrogens with one attached hydrogen (secondary N) is 1. The van der Waals surface area contributed by atoms with Crippen molar-refractivity contribution >= 4 is 39.1 Å². The van der Waals surface area contributed by atoms with E-state index >= 15 is 0 Å². The minimum absolute atomic E-state index is 0.0347. The van der Waals surface area contributed by atoms with Gasteiger partial charge in [-0.25, -0.2) is 8.42 Å². The Morgan fingerprint density at radius 1 is 1.00 bits per heavy atom. The van der Waals surface area contributed by atoms with E-state index in [1.807, 2.05) is 38.1 Å². The van der Waals surface area contributed by atoms with Gasteiger partial charge in [0.1, 0.15) is 11.1 Å². The van der Waals surface area contributed by atoms with Crippen molar-refractivity contribution in [2.24, 2.45) is 0 Å². The molecule has 0 spiro atoms. The van der Waals surface area contributed by atoms with Crippen molar-refractivity contribution < 1.29 is 17.9 Å². The predicted octanol–water partition coefficient (Wildman–Crippen LogP) is 4.89. The van der Waals surface area contributed by atoms with Gasteiger partial charge in [0.2, 0.25) is 5.91 Å². The molecular weight excluding hydrogens is 444 g/mol. The van der Waals surface area contributed by atoms with Crippen LogP contribution >= 0.6 is 11.8 Å². The van der Waals surface area contributed by atoms with Gasteiger partial charge in [0, 0.05) is 11.4 Å². The number of nitrogens with zero attached hydrogens (tertiary/aromatic N) is 1. The molecular formula is C24H24N2O4S2. The van der Waals surface area contributed by atoms with E-state index in [9.17, 15) is 13.2 Å². The number of aryl methyl sites for hydroxylation is 2. The lowest BCUT2D eigenvalue weighted by atomic mass is 10.1. The third-order valence-corrected chi connectivity index (χ3v) is 8.04. The zero-order valence-corrected chi connectivity index (χ0v) is 19.7. The number of ether oxygens (including phenoxy) is 1. The number of benzene rings is 3. The van der Waals surface area contributed by atoms with Gasteiger partial charge in [0.25, 0.3) is 10.0 Å². The fraction of sp³-hybridized carbons (Fsp3) is 0.208. The molecule has 32 heavy (non-hydrogen) atoms. The van der Waals surface area contributed by atoms with E-state index in [2.05, 4.69) is 4.72 Å². The molecule has 1 heterocycles. The van der Waals surface area contributed by atoms with Crippen LogP contribution in [0.2, 0.25) is 0 Å². The standard InChI is InChI=1S/C24H24N2O4S2/c1-16-7-8-20(13-17(16)2)26-23(27)15-31-24(26)18-5-4-6-19(14-18)25-32(28,29)22-11-9-21(30-3)10-12-22/h4-14,24-25H,15H2,1-3H3/t24-/m0/s1. The fourth-order valence-corrected chi connectivity index (χ4v) is 5.77. The topological polar surface area (TPSA) is 75.7 Å². The zero-order valence-electron chi connectivity index (χ0n) is 18.0. The lowest BCUT2D eigenvalue weighted by Crippen LogP contribution is -2.28. The maximum absolute atomic E-state index is 12.8. The minimum atomic E-state index is -3.76. The molecule has 0 aromatic heterocycles. The Labute approximate surface area is 192 Å². The van der Waals surface area contributed by atoms with Crippen LogP contribution in [-0.2, 0) is 14.8 Å². The Bertz CT molecular complexity index is 1260. The van der Waals surface area contributed by atoms with Gasteiger partial charge in [-0.15, -0.1) is 11.8 Å². The number of amides is 1. The molecule has 0 radical (unpaired) electrons. The summed E-state index contributed by atoms with van der Waals surface area (Å²) in [5, 5.41) is -0.227. The number of carbonyl (C=O) groups is 1. The highest BCUT2D eigenvalue weighted by Gasteiger charge is 2.34. The number of thioether (sulfide) groups is 1. The molecule has 0 unspecified atom stereocenters. The summed E-state index contributed by atoms with van der Waals surface area (Å²) in [6.07, 6.45) is 0. The van der Waals surface area contributed by atoms with E-state index in [0.717, 1.165) is 16.8 Å². The summed E-state index contributed by atoms with van der Waals surface area (Å²) in [7, 11) is -2.23. The first-order valence-corrected chi connectivity index (χ1v) is 12.6. The molecule has 1 N–H and O–H groups in total. The molecule has 0 saturated carbocycles. The molecule has 0 aliphatic carbocycles. The van der Waals surface area contributed by atoms with E-state index in [0.29, 0.717) is 17.2 Å². The van der Waals surface area contributed by atoms with Gasteiger partial charge in [0.15, 0.2) is 0 Å². The van der Waals surface area contributed by atoms with Crippen molar-refractivity contribution in [2.75, 3.05) is 22.5 Å². The maximum atomic E-state index is 12.8.